The van der Waals surface area contributed by atoms with E-state index in [1.54, 1.807) is 0 Å². The molecule has 4 nitrogen and oxygen atoms in total. The van der Waals surface area contributed by atoms with Gasteiger partial charge in [-0.3, -0.25) is 4.79 Å². The van der Waals surface area contributed by atoms with Crippen LogP contribution in [0.25, 0.3) is 0 Å². The number of carbonyl (C=O) groups is 2. The number of hydrogen-bond acceptors (Lipinski definition) is 2. The molecule has 18 heavy (non-hydrogen) atoms. The molecule has 2 N–H and O–H groups in total. The minimum atomic E-state index is -1.11. The predicted octanol–water partition coefficient (Wildman–Crippen LogP) is 2.46. The van der Waals surface area contributed by atoms with E-state index in [-0.39, 0.29) is 10.6 Å². The number of carboxylic acids is 1. The maximum absolute atomic E-state index is 13.2. The van der Waals surface area contributed by atoms with Crippen molar-refractivity contribution in [2.75, 3.05) is 0 Å². The Morgan fingerprint density at radius 1 is 1.50 bits per heavy atom. The van der Waals surface area contributed by atoms with Crippen molar-refractivity contribution >= 4 is 23.5 Å². The second-order valence-electron chi connectivity index (χ2n) is 3.78. The van der Waals surface area contributed by atoms with Gasteiger partial charge < -0.3 is 10.4 Å². The van der Waals surface area contributed by atoms with E-state index in [0.717, 1.165) is 6.07 Å². The van der Waals surface area contributed by atoms with Gasteiger partial charge in [0.2, 0.25) is 0 Å². The lowest BCUT2D eigenvalue weighted by molar-refractivity contribution is -0.139. The second-order valence-corrected chi connectivity index (χ2v) is 4.19. The van der Waals surface area contributed by atoms with Crippen molar-refractivity contribution in [2.24, 2.45) is 0 Å². The van der Waals surface area contributed by atoms with Crippen LogP contribution in [0.1, 0.15) is 30.1 Å². The highest BCUT2D eigenvalue weighted by Gasteiger charge is 2.20. The fraction of sp³-hybridized carbons (Fsp3) is 0.333. The van der Waals surface area contributed by atoms with Crippen molar-refractivity contribution in [1.29, 1.82) is 0 Å². The molecule has 1 rings (SSSR count). The summed E-state index contributed by atoms with van der Waals surface area (Å²) in [6.07, 6.45) is 0.934. The highest BCUT2D eigenvalue weighted by Crippen LogP contribution is 2.15. The van der Waals surface area contributed by atoms with E-state index in [1.807, 2.05) is 6.92 Å². The average Bonchev–Trinajstić information content (AvgIpc) is 2.31. The van der Waals surface area contributed by atoms with Crippen molar-refractivity contribution in [3.63, 3.8) is 0 Å². The zero-order chi connectivity index (χ0) is 13.7. The van der Waals surface area contributed by atoms with E-state index in [2.05, 4.69) is 5.32 Å². The molecule has 1 aromatic carbocycles. The highest BCUT2D eigenvalue weighted by molar-refractivity contribution is 6.30. The zero-order valence-electron chi connectivity index (χ0n) is 9.74. The lowest BCUT2D eigenvalue weighted by Crippen LogP contribution is -2.40. The summed E-state index contributed by atoms with van der Waals surface area (Å²) >= 11 is 5.49. The molecule has 0 aliphatic rings. The van der Waals surface area contributed by atoms with E-state index in [0.29, 0.717) is 12.8 Å². The standard InChI is InChI=1S/C12H13ClFNO3/c1-2-3-10(12(17)18)15-11(16)7-4-5-8(13)9(14)6-7/h4-6,10H,2-3H2,1H3,(H,15,16)(H,17,18)/t10-/m0/s1. The van der Waals surface area contributed by atoms with E-state index >= 15 is 0 Å². The van der Waals surface area contributed by atoms with Gasteiger partial charge in [-0.15, -0.1) is 0 Å². The predicted molar refractivity (Wildman–Crippen MR) is 65.2 cm³/mol. The minimum Gasteiger partial charge on any atom is -0.480 e. The highest BCUT2D eigenvalue weighted by atomic mass is 35.5. The summed E-state index contributed by atoms with van der Waals surface area (Å²) in [7, 11) is 0. The third-order valence-corrected chi connectivity index (χ3v) is 2.67. The Bertz CT molecular complexity index is 465. The normalized spacial score (nSPS) is 11.9. The molecule has 1 atom stereocenters. The van der Waals surface area contributed by atoms with Crippen LogP contribution < -0.4 is 5.32 Å². The molecule has 0 saturated carbocycles. The molecule has 0 aliphatic heterocycles. The van der Waals surface area contributed by atoms with Gasteiger partial charge in [0.15, 0.2) is 0 Å². The number of carbonyl (C=O) groups excluding carboxylic acids is 1. The smallest absolute Gasteiger partial charge is 0.326 e. The van der Waals surface area contributed by atoms with Gasteiger partial charge in [-0.05, 0) is 24.6 Å². The average molecular weight is 274 g/mol. The number of hydrogen-bond donors (Lipinski definition) is 2. The SMILES string of the molecule is CCC[C@H](NC(=O)c1ccc(Cl)c(F)c1)C(=O)O. The topological polar surface area (TPSA) is 66.4 Å². The van der Waals surface area contributed by atoms with E-state index in [9.17, 15) is 14.0 Å². The van der Waals surface area contributed by atoms with Crippen LogP contribution in [-0.2, 0) is 4.79 Å². The summed E-state index contributed by atoms with van der Waals surface area (Å²) < 4.78 is 13.2. The van der Waals surface area contributed by atoms with Crippen molar-refractivity contribution in [2.45, 2.75) is 25.8 Å². The monoisotopic (exact) mass is 273 g/mol. The summed E-state index contributed by atoms with van der Waals surface area (Å²) in [5.74, 6) is -2.46. The molecule has 1 aromatic rings. The molecule has 6 heteroatoms. The van der Waals surface area contributed by atoms with Gasteiger partial charge in [0.25, 0.3) is 5.91 Å². The third kappa shape index (κ3) is 3.70. The summed E-state index contributed by atoms with van der Waals surface area (Å²) in [5.41, 5.74) is 0.0410. The summed E-state index contributed by atoms with van der Waals surface area (Å²) in [4.78, 5) is 22.6. The molecule has 0 radical (unpaired) electrons. The van der Waals surface area contributed by atoms with E-state index in [1.165, 1.54) is 12.1 Å². The number of carboxylic acid groups (broad SMARTS) is 1. The Hall–Kier alpha value is -1.62. The molecular formula is C12H13ClFNO3. The fourth-order valence-corrected chi connectivity index (χ4v) is 1.54. The van der Waals surface area contributed by atoms with Crippen LogP contribution in [0.4, 0.5) is 4.39 Å². The first-order valence-electron chi connectivity index (χ1n) is 5.44. The molecule has 0 fully saturated rings. The molecule has 0 spiro atoms. The van der Waals surface area contributed by atoms with Gasteiger partial charge in [0.05, 0.1) is 5.02 Å². The first-order valence-corrected chi connectivity index (χ1v) is 5.82. The largest absolute Gasteiger partial charge is 0.480 e. The van der Waals surface area contributed by atoms with Gasteiger partial charge in [-0.1, -0.05) is 24.9 Å². The summed E-state index contributed by atoms with van der Waals surface area (Å²) in [6, 6.07) is 2.59. The first-order chi connectivity index (χ1) is 8.45. The maximum atomic E-state index is 13.2. The molecule has 0 bridgehead atoms. The first kappa shape index (κ1) is 14.4. The van der Waals surface area contributed by atoms with Crippen LogP contribution in [0, 0.1) is 5.82 Å². The molecular weight excluding hydrogens is 261 g/mol. The van der Waals surface area contributed by atoms with Gasteiger partial charge in [-0.2, -0.15) is 0 Å². The van der Waals surface area contributed by atoms with Crippen LogP contribution in [0.3, 0.4) is 0 Å². The van der Waals surface area contributed by atoms with Gasteiger partial charge in [0.1, 0.15) is 11.9 Å². The summed E-state index contributed by atoms with van der Waals surface area (Å²) in [6.45, 7) is 1.81. The van der Waals surface area contributed by atoms with Gasteiger partial charge in [0, 0.05) is 5.56 Å². The van der Waals surface area contributed by atoms with Crippen molar-refractivity contribution in [3.8, 4) is 0 Å². The fourth-order valence-electron chi connectivity index (χ4n) is 1.43. The number of halogens is 2. The van der Waals surface area contributed by atoms with Crippen molar-refractivity contribution in [1.82, 2.24) is 5.32 Å². The van der Waals surface area contributed by atoms with Crippen molar-refractivity contribution in [3.05, 3.63) is 34.6 Å². The van der Waals surface area contributed by atoms with Crippen molar-refractivity contribution < 1.29 is 19.1 Å². The lowest BCUT2D eigenvalue weighted by atomic mass is 10.1. The minimum absolute atomic E-state index is 0.0410. The van der Waals surface area contributed by atoms with Crippen LogP contribution in [0.5, 0.6) is 0 Å². The molecule has 0 aliphatic carbocycles. The Balaban J connectivity index is 2.80. The second kappa shape index (κ2) is 6.35. The molecule has 1 amide bonds. The summed E-state index contributed by atoms with van der Waals surface area (Å²) in [5, 5.41) is 11.1. The van der Waals surface area contributed by atoms with Crippen LogP contribution >= 0.6 is 11.6 Å². The van der Waals surface area contributed by atoms with Crippen LogP contribution in [0.2, 0.25) is 5.02 Å². The van der Waals surface area contributed by atoms with E-state index < -0.39 is 23.7 Å². The van der Waals surface area contributed by atoms with Crippen LogP contribution in [-0.4, -0.2) is 23.0 Å². The molecule has 0 heterocycles. The number of amides is 1. The number of nitrogens with one attached hydrogen (secondary N) is 1. The van der Waals surface area contributed by atoms with E-state index in [4.69, 9.17) is 16.7 Å². The molecule has 0 saturated heterocycles. The van der Waals surface area contributed by atoms with Gasteiger partial charge in [-0.25, -0.2) is 9.18 Å². The molecule has 98 valence electrons. The third-order valence-electron chi connectivity index (χ3n) is 2.36. The Kier molecular flexibility index (Phi) is 5.09. The van der Waals surface area contributed by atoms with Crippen LogP contribution in [0.15, 0.2) is 18.2 Å². The maximum Gasteiger partial charge on any atom is 0.326 e. The Labute approximate surface area is 109 Å². The quantitative estimate of drug-likeness (QED) is 0.866. The number of aliphatic carboxylic acids is 1. The zero-order valence-corrected chi connectivity index (χ0v) is 10.5. The molecule has 0 unspecified atom stereocenters. The number of benzene rings is 1. The Morgan fingerprint density at radius 2 is 2.17 bits per heavy atom. The Morgan fingerprint density at radius 3 is 2.67 bits per heavy atom. The lowest BCUT2D eigenvalue weighted by Gasteiger charge is -2.13. The number of rotatable bonds is 5. The molecule has 0 aromatic heterocycles. The van der Waals surface area contributed by atoms with Gasteiger partial charge >= 0.3 is 5.97 Å².